The zero-order valence-electron chi connectivity index (χ0n) is 15.1. The standard InChI is InChI=1S/C16H38N2O2Si/c1-7-15(17-5)11-13-21(19-9-3,20-10-4)14-12-16(8-2)18-6/h15-18H,7-14H2,1-6H3. The van der Waals surface area contributed by atoms with Gasteiger partial charge in [0.25, 0.3) is 0 Å². The molecule has 0 aromatic heterocycles. The van der Waals surface area contributed by atoms with Crippen molar-refractivity contribution in [2.75, 3.05) is 27.3 Å². The van der Waals surface area contributed by atoms with Crippen molar-refractivity contribution in [3.8, 4) is 0 Å². The molecule has 0 aliphatic rings. The Morgan fingerprint density at radius 3 is 1.38 bits per heavy atom. The molecule has 128 valence electrons. The summed E-state index contributed by atoms with van der Waals surface area (Å²) in [5.74, 6) is 0. The highest BCUT2D eigenvalue weighted by molar-refractivity contribution is 6.67. The molecule has 0 saturated heterocycles. The second kappa shape index (κ2) is 12.6. The van der Waals surface area contributed by atoms with E-state index < -0.39 is 8.56 Å². The molecule has 0 amide bonds. The maximum atomic E-state index is 6.21. The fourth-order valence-electron chi connectivity index (χ4n) is 2.87. The molecule has 4 nitrogen and oxygen atoms in total. The van der Waals surface area contributed by atoms with E-state index in [9.17, 15) is 0 Å². The number of rotatable bonds is 14. The second-order valence-electron chi connectivity index (χ2n) is 5.64. The maximum absolute atomic E-state index is 6.21. The van der Waals surface area contributed by atoms with Crippen LogP contribution >= 0.6 is 0 Å². The van der Waals surface area contributed by atoms with Gasteiger partial charge < -0.3 is 19.5 Å². The molecule has 21 heavy (non-hydrogen) atoms. The summed E-state index contributed by atoms with van der Waals surface area (Å²) in [6, 6.07) is 3.33. The lowest BCUT2D eigenvalue weighted by molar-refractivity contribution is 0.178. The molecular weight excluding hydrogens is 280 g/mol. The Morgan fingerprint density at radius 2 is 1.14 bits per heavy atom. The van der Waals surface area contributed by atoms with Gasteiger partial charge in [-0.2, -0.15) is 0 Å². The van der Waals surface area contributed by atoms with Gasteiger partial charge in [0.1, 0.15) is 0 Å². The third kappa shape index (κ3) is 8.31. The van der Waals surface area contributed by atoms with Crippen molar-refractivity contribution < 1.29 is 8.85 Å². The first-order valence-corrected chi connectivity index (χ1v) is 11.0. The molecule has 0 radical (unpaired) electrons. The van der Waals surface area contributed by atoms with Crippen molar-refractivity contribution in [1.82, 2.24) is 10.6 Å². The molecule has 2 N–H and O–H groups in total. The summed E-state index contributed by atoms with van der Waals surface area (Å²) in [5, 5.41) is 6.79. The van der Waals surface area contributed by atoms with Crippen LogP contribution < -0.4 is 10.6 Å². The van der Waals surface area contributed by atoms with Gasteiger partial charge in [-0.25, -0.2) is 0 Å². The van der Waals surface area contributed by atoms with Gasteiger partial charge in [0.05, 0.1) is 0 Å². The number of hydrogen-bond donors (Lipinski definition) is 2. The first-order chi connectivity index (χ1) is 10.1. The van der Waals surface area contributed by atoms with Crippen molar-refractivity contribution in [2.45, 2.75) is 77.6 Å². The van der Waals surface area contributed by atoms with Gasteiger partial charge in [-0.1, -0.05) is 13.8 Å². The minimum atomic E-state index is -2.07. The summed E-state index contributed by atoms with van der Waals surface area (Å²) in [4.78, 5) is 0. The van der Waals surface area contributed by atoms with Crippen LogP contribution in [0.15, 0.2) is 0 Å². The molecule has 0 spiro atoms. The molecular formula is C16H38N2O2Si. The van der Waals surface area contributed by atoms with E-state index in [4.69, 9.17) is 8.85 Å². The van der Waals surface area contributed by atoms with Gasteiger partial charge in [-0.3, -0.25) is 0 Å². The van der Waals surface area contributed by atoms with Crippen LogP contribution in [0.25, 0.3) is 0 Å². The Bertz CT molecular complexity index is 210. The Morgan fingerprint density at radius 1 is 0.762 bits per heavy atom. The van der Waals surface area contributed by atoms with E-state index in [1.807, 2.05) is 14.1 Å². The zero-order chi connectivity index (χ0) is 16.1. The van der Waals surface area contributed by atoms with E-state index in [-0.39, 0.29) is 0 Å². The lowest BCUT2D eigenvalue weighted by atomic mass is 10.2. The van der Waals surface area contributed by atoms with Crippen molar-refractivity contribution in [3.05, 3.63) is 0 Å². The summed E-state index contributed by atoms with van der Waals surface area (Å²) in [5.41, 5.74) is 0. The van der Waals surface area contributed by atoms with Gasteiger partial charge in [0.15, 0.2) is 0 Å². The van der Waals surface area contributed by atoms with Gasteiger partial charge in [0, 0.05) is 25.3 Å². The van der Waals surface area contributed by atoms with Crippen molar-refractivity contribution in [3.63, 3.8) is 0 Å². The van der Waals surface area contributed by atoms with E-state index in [1.54, 1.807) is 0 Å². The van der Waals surface area contributed by atoms with Gasteiger partial charge in [-0.15, -0.1) is 0 Å². The summed E-state index contributed by atoms with van der Waals surface area (Å²) in [6.45, 7) is 10.2. The quantitative estimate of drug-likeness (QED) is 0.482. The monoisotopic (exact) mass is 318 g/mol. The molecule has 2 unspecified atom stereocenters. The third-order valence-corrected chi connectivity index (χ3v) is 8.09. The molecule has 0 aromatic rings. The molecule has 0 aliphatic heterocycles. The zero-order valence-corrected chi connectivity index (χ0v) is 16.1. The van der Waals surface area contributed by atoms with Gasteiger partial charge >= 0.3 is 8.56 Å². The Hall–Kier alpha value is 0.0569. The average molecular weight is 319 g/mol. The van der Waals surface area contributed by atoms with E-state index in [0.717, 1.165) is 51.0 Å². The molecule has 0 aromatic carbocycles. The average Bonchev–Trinajstić information content (AvgIpc) is 2.50. The van der Waals surface area contributed by atoms with Crippen molar-refractivity contribution in [2.24, 2.45) is 0 Å². The first-order valence-electron chi connectivity index (χ1n) is 8.73. The molecule has 0 aliphatic carbocycles. The van der Waals surface area contributed by atoms with E-state index >= 15 is 0 Å². The summed E-state index contributed by atoms with van der Waals surface area (Å²) in [6.07, 6.45) is 4.62. The SMILES string of the molecule is CCO[Si](CCC(CC)NC)(CCC(CC)NC)OCC. The lowest BCUT2D eigenvalue weighted by Gasteiger charge is -2.32. The Labute approximate surface area is 133 Å². The molecule has 0 saturated carbocycles. The van der Waals surface area contributed by atoms with Gasteiger partial charge in [0.2, 0.25) is 0 Å². The highest BCUT2D eigenvalue weighted by atomic mass is 28.4. The normalized spacial score (nSPS) is 15.1. The maximum Gasteiger partial charge on any atom is 0.338 e. The largest absolute Gasteiger partial charge is 0.394 e. The highest BCUT2D eigenvalue weighted by Gasteiger charge is 2.37. The minimum absolute atomic E-state index is 0.573. The second-order valence-corrected chi connectivity index (χ2v) is 9.04. The number of hydrogen-bond acceptors (Lipinski definition) is 4. The minimum Gasteiger partial charge on any atom is -0.394 e. The van der Waals surface area contributed by atoms with E-state index in [0.29, 0.717) is 12.1 Å². The molecule has 0 heterocycles. The Balaban J connectivity index is 4.71. The molecule has 0 rings (SSSR count). The fraction of sp³-hybridized carbons (Fsp3) is 1.00. The number of nitrogens with one attached hydrogen (secondary N) is 2. The van der Waals surface area contributed by atoms with Crippen LogP contribution in [-0.4, -0.2) is 48.0 Å². The third-order valence-electron chi connectivity index (χ3n) is 4.36. The van der Waals surface area contributed by atoms with Crippen molar-refractivity contribution >= 4 is 8.56 Å². The lowest BCUT2D eigenvalue weighted by Crippen LogP contribution is -2.45. The predicted molar refractivity (Wildman–Crippen MR) is 94.1 cm³/mol. The van der Waals surface area contributed by atoms with Crippen LogP contribution in [0, 0.1) is 0 Å². The van der Waals surface area contributed by atoms with Crippen LogP contribution in [0.2, 0.25) is 12.1 Å². The summed E-state index contributed by atoms with van der Waals surface area (Å²) < 4.78 is 12.4. The summed E-state index contributed by atoms with van der Waals surface area (Å²) >= 11 is 0. The van der Waals surface area contributed by atoms with Crippen LogP contribution in [-0.2, 0) is 8.85 Å². The molecule has 0 fully saturated rings. The smallest absolute Gasteiger partial charge is 0.338 e. The first kappa shape index (κ1) is 21.1. The predicted octanol–water partition coefficient (Wildman–Crippen LogP) is 3.28. The van der Waals surface area contributed by atoms with Crippen molar-refractivity contribution in [1.29, 1.82) is 0 Å². The van der Waals surface area contributed by atoms with Crippen LogP contribution in [0.5, 0.6) is 0 Å². The van der Waals surface area contributed by atoms with Gasteiger partial charge in [-0.05, 0) is 65.7 Å². The fourth-order valence-corrected chi connectivity index (χ4v) is 6.41. The molecule has 5 heteroatoms. The molecule has 2 atom stereocenters. The Kier molecular flexibility index (Phi) is 12.6. The van der Waals surface area contributed by atoms with Crippen LogP contribution in [0.4, 0.5) is 0 Å². The topological polar surface area (TPSA) is 42.5 Å². The summed E-state index contributed by atoms with van der Waals surface area (Å²) in [7, 11) is 2.03. The van der Waals surface area contributed by atoms with Crippen LogP contribution in [0.3, 0.4) is 0 Å². The van der Waals surface area contributed by atoms with Crippen LogP contribution in [0.1, 0.15) is 53.4 Å². The highest BCUT2D eigenvalue weighted by Crippen LogP contribution is 2.25. The molecule has 0 bridgehead atoms. The van der Waals surface area contributed by atoms with E-state index in [1.165, 1.54) is 0 Å². The van der Waals surface area contributed by atoms with E-state index in [2.05, 4.69) is 38.3 Å².